The molecule has 0 heterocycles. The summed E-state index contributed by atoms with van der Waals surface area (Å²) in [5.41, 5.74) is 7.17. The molecule has 0 saturated heterocycles. The lowest BCUT2D eigenvalue weighted by molar-refractivity contribution is 0.0597. The fourth-order valence-corrected chi connectivity index (χ4v) is 1.39. The highest BCUT2D eigenvalue weighted by atomic mass is 16.5. The van der Waals surface area contributed by atoms with Gasteiger partial charge in [-0.1, -0.05) is 13.8 Å². The number of carbonyl (C=O) groups excluding carboxylic acids is 1. The Balaban J connectivity index is 3.25. The largest absolute Gasteiger partial charge is 0.507 e. The van der Waals surface area contributed by atoms with E-state index in [-0.39, 0.29) is 17.2 Å². The zero-order valence-electron chi connectivity index (χ0n) is 9.07. The number of aromatic hydroxyl groups is 1. The summed E-state index contributed by atoms with van der Waals surface area (Å²) in [4.78, 5) is 11.2. The third kappa shape index (κ3) is 2.21. The van der Waals surface area contributed by atoms with Crippen molar-refractivity contribution in [1.82, 2.24) is 0 Å². The van der Waals surface area contributed by atoms with Gasteiger partial charge in [-0.15, -0.1) is 0 Å². The maximum atomic E-state index is 11.2. The SMILES string of the molecule is COC(=O)c1cc(N)c(C(C)C)cc1O. The molecule has 1 aromatic carbocycles. The maximum Gasteiger partial charge on any atom is 0.341 e. The molecular formula is C11H15NO3. The lowest BCUT2D eigenvalue weighted by Crippen LogP contribution is -2.05. The minimum Gasteiger partial charge on any atom is -0.507 e. The number of methoxy groups -OCH3 is 1. The Labute approximate surface area is 88.7 Å². The first-order valence-corrected chi connectivity index (χ1v) is 4.68. The van der Waals surface area contributed by atoms with Gasteiger partial charge in [-0.25, -0.2) is 4.79 Å². The highest BCUT2D eigenvalue weighted by Crippen LogP contribution is 2.29. The van der Waals surface area contributed by atoms with E-state index in [9.17, 15) is 9.90 Å². The van der Waals surface area contributed by atoms with E-state index < -0.39 is 5.97 Å². The molecular weight excluding hydrogens is 194 g/mol. The minimum absolute atomic E-state index is 0.0967. The van der Waals surface area contributed by atoms with Crippen molar-refractivity contribution in [1.29, 1.82) is 0 Å². The molecule has 0 aliphatic heterocycles. The summed E-state index contributed by atoms with van der Waals surface area (Å²) in [6.07, 6.45) is 0. The predicted molar refractivity (Wildman–Crippen MR) is 57.9 cm³/mol. The van der Waals surface area contributed by atoms with E-state index in [1.165, 1.54) is 19.2 Å². The molecule has 3 N–H and O–H groups in total. The Kier molecular flexibility index (Phi) is 3.19. The molecule has 0 aromatic heterocycles. The van der Waals surface area contributed by atoms with Gasteiger partial charge < -0.3 is 15.6 Å². The van der Waals surface area contributed by atoms with Crippen LogP contribution in [-0.4, -0.2) is 18.2 Å². The molecule has 0 saturated carbocycles. The number of hydrogen-bond acceptors (Lipinski definition) is 4. The van der Waals surface area contributed by atoms with Gasteiger partial charge in [-0.2, -0.15) is 0 Å². The first-order valence-electron chi connectivity index (χ1n) is 4.68. The van der Waals surface area contributed by atoms with E-state index in [1.54, 1.807) is 0 Å². The molecule has 0 amide bonds. The van der Waals surface area contributed by atoms with Gasteiger partial charge in [-0.05, 0) is 23.6 Å². The van der Waals surface area contributed by atoms with Crippen LogP contribution >= 0.6 is 0 Å². The van der Waals surface area contributed by atoms with Gasteiger partial charge >= 0.3 is 5.97 Å². The zero-order chi connectivity index (χ0) is 11.6. The topological polar surface area (TPSA) is 72.5 Å². The van der Waals surface area contributed by atoms with Crippen LogP contribution in [0.5, 0.6) is 5.75 Å². The molecule has 0 spiro atoms. The first kappa shape index (κ1) is 11.4. The molecule has 82 valence electrons. The van der Waals surface area contributed by atoms with Crippen molar-refractivity contribution >= 4 is 11.7 Å². The lowest BCUT2D eigenvalue weighted by atomic mass is 9.98. The third-order valence-electron chi connectivity index (χ3n) is 2.23. The van der Waals surface area contributed by atoms with Crippen LogP contribution < -0.4 is 5.73 Å². The van der Waals surface area contributed by atoms with Crippen molar-refractivity contribution in [2.45, 2.75) is 19.8 Å². The summed E-state index contributed by atoms with van der Waals surface area (Å²) >= 11 is 0. The van der Waals surface area contributed by atoms with Gasteiger partial charge in [0, 0.05) is 5.69 Å². The number of benzene rings is 1. The molecule has 15 heavy (non-hydrogen) atoms. The van der Waals surface area contributed by atoms with Gasteiger partial charge in [0.1, 0.15) is 11.3 Å². The smallest absolute Gasteiger partial charge is 0.341 e. The van der Waals surface area contributed by atoms with Crippen molar-refractivity contribution in [2.75, 3.05) is 12.8 Å². The summed E-state index contributed by atoms with van der Waals surface area (Å²) in [6, 6.07) is 2.95. The molecule has 0 radical (unpaired) electrons. The Morgan fingerprint density at radius 2 is 2.07 bits per heavy atom. The number of phenols is 1. The number of ether oxygens (including phenoxy) is 1. The van der Waals surface area contributed by atoms with E-state index in [4.69, 9.17) is 5.73 Å². The number of nitrogens with two attached hydrogens (primary N) is 1. The number of hydrogen-bond donors (Lipinski definition) is 2. The maximum absolute atomic E-state index is 11.2. The second-order valence-corrected chi connectivity index (χ2v) is 3.64. The van der Waals surface area contributed by atoms with Crippen LogP contribution in [0, 0.1) is 0 Å². The monoisotopic (exact) mass is 209 g/mol. The van der Waals surface area contributed by atoms with Crippen LogP contribution in [0.2, 0.25) is 0 Å². The van der Waals surface area contributed by atoms with E-state index >= 15 is 0 Å². The van der Waals surface area contributed by atoms with Crippen molar-refractivity contribution in [3.05, 3.63) is 23.3 Å². The fraction of sp³-hybridized carbons (Fsp3) is 0.364. The minimum atomic E-state index is -0.588. The lowest BCUT2D eigenvalue weighted by Gasteiger charge is -2.12. The summed E-state index contributed by atoms with van der Waals surface area (Å²) in [5.74, 6) is -0.489. The fourth-order valence-electron chi connectivity index (χ4n) is 1.39. The quantitative estimate of drug-likeness (QED) is 0.443. The first-order chi connectivity index (χ1) is 6.97. The molecule has 0 aliphatic carbocycles. The number of nitrogen functional groups attached to an aromatic ring is 1. The molecule has 1 rings (SSSR count). The molecule has 0 aliphatic rings. The summed E-state index contributed by atoms with van der Waals surface area (Å²) in [6.45, 7) is 3.92. The van der Waals surface area contributed by atoms with E-state index in [2.05, 4.69) is 4.74 Å². The highest BCUT2D eigenvalue weighted by Gasteiger charge is 2.15. The average molecular weight is 209 g/mol. The zero-order valence-corrected chi connectivity index (χ0v) is 9.07. The summed E-state index contributed by atoms with van der Waals surface area (Å²) in [5, 5.41) is 9.61. The Morgan fingerprint density at radius 1 is 1.47 bits per heavy atom. The number of carbonyl (C=O) groups is 1. The molecule has 0 atom stereocenters. The van der Waals surface area contributed by atoms with Crippen LogP contribution in [0.15, 0.2) is 12.1 Å². The number of phenolic OH excluding ortho intramolecular Hbond substituents is 1. The normalized spacial score (nSPS) is 10.4. The van der Waals surface area contributed by atoms with Gasteiger partial charge in [0.25, 0.3) is 0 Å². The van der Waals surface area contributed by atoms with E-state index in [1.807, 2.05) is 13.8 Å². The highest BCUT2D eigenvalue weighted by molar-refractivity contribution is 5.93. The average Bonchev–Trinajstić information content (AvgIpc) is 2.19. The van der Waals surface area contributed by atoms with Crippen LogP contribution in [0.4, 0.5) is 5.69 Å². The van der Waals surface area contributed by atoms with Gasteiger partial charge in [0.2, 0.25) is 0 Å². The predicted octanol–water partition coefficient (Wildman–Crippen LogP) is 1.88. The summed E-state index contributed by atoms with van der Waals surface area (Å²) in [7, 11) is 1.26. The van der Waals surface area contributed by atoms with Gasteiger partial charge in [0.05, 0.1) is 7.11 Å². The Bertz CT molecular complexity index is 386. The van der Waals surface area contributed by atoms with Crippen LogP contribution in [-0.2, 0) is 4.74 Å². The molecule has 4 nitrogen and oxygen atoms in total. The van der Waals surface area contributed by atoms with Crippen molar-refractivity contribution in [3.8, 4) is 5.75 Å². The second kappa shape index (κ2) is 4.21. The summed E-state index contributed by atoms with van der Waals surface area (Å²) < 4.78 is 4.52. The molecule has 0 bridgehead atoms. The Hall–Kier alpha value is -1.71. The Morgan fingerprint density at radius 3 is 2.53 bits per heavy atom. The van der Waals surface area contributed by atoms with Crippen LogP contribution in [0.25, 0.3) is 0 Å². The van der Waals surface area contributed by atoms with Crippen LogP contribution in [0.1, 0.15) is 35.7 Å². The number of esters is 1. The van der Waals surface area contributed by atoms with Crippen molar-refractivity contribution in [3.63, 3.8) is 0 Å². The number of anilines is 1. The molecule has 0 unspecified atom stereocenters. The van der Waals surface area contributed by atoms with Crippen molar-refractivity contribution < 1.29 is 14.6 Å². The van der Waals surface area contributed by atoms with E-state index in [0.29, 0.717) is 5.69 Å². The van der Waals surface area contributed by atoms with Gasteiger partial charge in [0.15, 0.2) is 0 Å². The molecule has 0 fully saturated rings. The second-order valence-electron chi connectivity index (χ2n) is 3.64. The standard InChI is InChI=1S/C11H15NO3/c1-6(2)7-5-10(13)8(4-9(7)12)11(14)15-3/h4-6,13H,12H2,1-3H3. The third-order valence-corrected chi connectivity index (χ3v) is 2.23. The van der Waals surface area contributed by atoms with Crippen LogP contribution in [0.3, 0.4) is 0 Å². The van der Waals surface area contributed by atoms with E-state index in [0.717, 1.165) is 5.56 Å². The van der Waals surface area contributed by atoms with Crippen molar-refractivity contribution in [2.24, 2.45) is 0 Å². The molecule has 4 heteroatoms. The number of rotatable bonds is 2. The molecule has 1 aromatic rings. The van der Waals surface area contributed by atoms with Gasteiger partial charge in [-0.3, -0.25) is 0 Å².